The number of halogens is 2. The predicted octanol–water partition coefficient (Wildman–Crippen LogP) is 2.27. The molecule has 0 aromatic heterocycles. The molecule has 1 aromatic carbocycles. The van der Waals surface area contributed by atoms with Crippen LogP contribution < -0.4 is 0 Å². The van der Waals surface area contributed by atoms with Crippen LogP contribution in [-0.4, -0.2) is 54.6 Å². The lowest BCUT2D eigenvalue weighted by molar-refractivity contribution is 0.0748. The highest BCUT2D eigenvalue weighted by Gasteiger charge is 2.25. The van der Waals surface area contributed by atoms with Crippen LogP contribution >= 0.6 is 0 Å². The van der Waals surface area contributed by atoms with Crippen LogP contribution in [0.4, 0.5) is 13.6 Å². The molecule has 0 atom stereocenters. The van der Waals surface area contributed by atoms with Gasteiger partial charge in [0.25, 0.3) is 5.91 Å². The van der Waals surface area contributed by atoms with Gasteiger partial charge in [0, 0.05) is 26.2 Å². The normalized spacial score (nSPS) is 15.4. The average molecular weight is 312 g/mol. The maximum Gasteiger partial charge on any atom is 0.409 e. The fourth-order valence-electron chi connectivity index (χ4n) is 2.35. The van der Waals surface area contributed by atoms with E-state index in [2.05, 4.69) is 0 Å². The summed E-state index contributed by atoms with van der Waals surface area (Å²) in [6.07, 6.45) is 0.135. The van der Waals surface area contributed by atoms with E-state index in [0.717, 1.165) is 18.2 Å². The molecule has 2 amide bonds. The van der Waals surface area contributed by atoms with Crippen LogP contribution in [0.2, 0.25) is 0 Å². The lowest BCUT2D eigenvalue weighted by Gasteiger charge is -2.22. The molecule has 7 heteroatoms. The Morgan fingerprint density at radius 2 is 1.82 bits per heavy atom. The fourth-order valence-corrected chi connectivity index (χ4v) is 2.35. The Hall–Kier alpha value is -2.18. The molecule has 120 valence electrons. The van der Waals surface area contributed by atoms with Crippen LogP contribution in [0.15, 0.2) is 18.2 Å². The van der Waals surface area contributed by atoms with Gasteiger partial charge in [-0.1, -0.05) is 0 Å². The topological polar surface area (TPSA) is 49.9 Å². The number of ether oxygens (including phenoxy) is 1. The van der Waals surface area contributed by atoms with Crippen molar-refractivity contribution >= 4 is 12.0 Å². The summed E-state index contributed by atoms with van der Waals surface area (Å²) >= 11 is 0. The molecule has 1 saturated heterocycles. The number of carbonyl (C=O) groups excluding carboxylic acids is 2. The summed E-state index contributed by atoms with van der Waals surface area (Å²) in [6.45, 7) is 3.42. The molecule has 0 N–H and O–H groups in total. The molecule has 1 heterocycles. The molecule has 0 saturated carbocycles. The zero-order chi connectivity index (χ0) is 16.1. The molecule has 0 aliphatic carbocycles. The van der Waals surface area contributed by atoms with E-state index in [4.69, 9.17) is 4.74 Å². The average Bonchev–Trinajstić information content (AvgIpc) is 2.75. The van der Waals surface area contributed by atoms with Gasteiger partial charge in [0.2, 0.25) is 0 Å². The van der Waals surface area contributed by atoms with Gasteiger partial charge >= 0.3 is 6.09 Å². The maximum atomic E-state index is 13.7. The first-order valence-electron chi connectivity index (χ1n) is 7.19. The summed E-state index contributed by atoms with van der Waals surface area (Å²) in [5.41, 5.74) is -0.287. The highest BCUT2D eigenvalue weighted by molar-refractivity contribution is 5.94. The third kappa shape index (κ3) is 3.72. The van der Waals surface area contributed by atoms with Crippen LogP contribution in [0.3, 0.4) is 0 Å². The lowest BCUT2D eigenvalue weighted by atomic mass is 10.1. The quantitative estimate of drug-likeness (QED) is 0.842. The van der Waals surface area contributed by atoms with E-state index in [0.29, 0.717) is 26.1 Å². The van der Waals surface area contributed by atoms with Crippen LogP contribution in [0.25, 0.3) is 0 Å². The summed E-state index contributed by atoms with van der Waals surface area (Å²) in [5, 5.41) is 0. The molecule has 1 aliphatic heterocycles. The van der Waals surface area contributed by atoms with Gasteiger partial charge in [-0.05, 0) is 31.5 Å². The van der Waals surface area contributed by atoms with E-state index in [1.165, 1.54) is 9.80 Å². The Kier molecular flexibility index (Phi) is 5.30. The second-order valence-electron chi connectivity index (χ2n) is 4.96. The van der Waals surface area contributed by atoms with E-state index < -0.39 is 23.6 Å². The first kappa shape index (κ1) is 16.2. The number of rotatable bonds is 2. The SMILES string of the molecule is CCOC(=O)N1CCCN(C(=O)c2cc(F)ccc2F)CC1. The zero-order valence-electron chi connectivity index (χ0n) is 12.3. The van der Waals surface area contributed by atoms with Gasteiger partial charge in [0.05, 0.1) is 12.2 Å². The van der Waals surface area contributed by atoms with Crippen LogP contribution in [0, 0.1) is 11.6 Å². The fraction of sp³-hybridized carbons (Fsp3) is 0.467. The number of nitrogens with zero attached hydrogens (tertiary/aromatic N) is 2. The Morgan fingerprint density at radius 3 is 2.55 bits per heavy atom. The lowest BCUT2D eigenvalue weighted by Crippen LogP contribution is -2.37. The van der Waals surface area contributed by atoms with Gasteiger partial charge < -0.3 is 14.5 Å². The summed E-state index contributed by atoms with van der Waals surface area (Å²) < 4.78 is 31.8. The summed E-state index contributed by atoms with van der Waals surface area (Å²) in [6, 6.07) is 2.80. The molecule has 5 nitrogen and oxygen atoms in total. The molecular formula is C15H18F2N2O3. The van der Waals surface area contributed by atoms with Crippen LogP contribution in [-0.2, 0) is 4.74 Å². The third-order valence-corrected chi connectivity index (χ3v) is 3.47. The second kappa shape index (κ2) is 7.20. The summed E-state index contributed by atoms with van der Waals surface area (Å²) in [7, 11) is 0. The number of amides is 2. The standard InChI is InChI=1S/C15H18F2N2O3/c1-2-22-15(21)19-7-3-6-18(8-9-19)14(20)12-10-11(16)4-5-13(12)17/h4-5,10H,2-3,6-9H2,1H3. The van der Waals surface area contributed by atoms with Gasteiger partial charge in [-0.3, -0.25) is 4.79 Å². The molecule has 0 unspecified atom stereocenters. The molecule has 22 heavy (non-hydrogen) atoms. The Balaban J connectivity index is 2.06. The van der Waals surface area contributed by atoms with Gasteiger partial charge in [-0.2, -0.15) is 0 Å². The van der Waals surface area contributed by atoms with E-state index in [1.54, 1.807) is 6.92 Å². The van der Waals surface area contributed by atoms with Crippen molar-refractivity contribution in [1.82, 2.24) is 9.80 Å². The van der Waals surface area contributed by atoms with E-state index in [1.807, 2.05) is 0 Å². The van der Waals surface area contributed by atoms with Crippen molar-refractivity contribution < 1.29 is 23.1 Å². The number of hydrogen-bond acceptors (Lipinski definition) is 3. The molecular weight excluding hydrogens is 294 g/mol. The Labute approximate surface area is 127 Å². The summed E-state index contributed by atoms with van der Waals surface area (Å²) in [4.78, 5) is 26.9. The van der Waals surface area contributed by atoms with Gasteiger partial charge in [-0.25, -0.2) is 13.6 Å². The number of benzene rings is 1. The van der Waals surface area contributed by atoms with Crippen LogP contribution in [0.1, 0.15) is 23.7 Å². The van der Waals surface area contributed by atoms with Crippen molar-refractivity contribution in [1.29, 1.82) is 0 Å². The number of carbonyl (C=O) groups is 2. The molecule has 1 aliphatic rings. The monoisotopic (exact) mass is 312 g/mol. The van der Waals surface area contributed by atoms with E-state index in [9.17, 15) is 18.4 Å². The second-order valence-corrected chi connectivity index (χ2v) is 4.96. The minimum absolute atomic E-state index is 0.258. The largest absolute Gasteiger partial charge is 0.450 e. The number of hydrogen-bond donors (Lipinski definition) is 0. The Morgan fingerprint density at radius 1 is 1.14 bits per heavy atom. The van der Waals surface area contributed by atoms with E-state index >= 15 is 0 Å². The van der Waals surface area contributed by atoms with Gasteiger partial charge in [0.15, 0.2) is 0 Å². The highest BCUT2D eigenvalue weighted by Crippen LogP contribution is 2.14. The van der Waals surface area contributed by atoms with E-state index in [-0.39, 0.29) is 18.7 Å². The molecule has 1 aromatic rings. The van der Waals surface area contributed by atoms with Crippen molar-refractivity contribution in [2.24, 2.45) is 0 Å². The minimum Gasteiger partial charge on any atom is -0.450 e. The smallest absolute Gasteiger partial charge is 0.409 e. The van der Waals surface area contributed by atoms with Crippen LogP contribution in [0.5, 0.6) is 0 Å². The van der Waals surface area contributed by atoms with Crippen molar-refractivity contribution in [2.75, 3.05) is 32.8 Å². The zero-order valence-corrected chi connectivity index (χ0v) is 12.3. The van der Waals surface area contributed by atoms with Crippen molar-refractivity contribution in [3.8, 4) is 0 Å². The van der Waals surface area contributed by atoms with Crippen molar-refractivity contribution in [3.05, 3.63) is 35.4 Å². The van der Waals surface area contributed by atoms with Crippen molar-refractivity contribution in [3.63, 3.8) is 0 Å². The van der Waals surface area contributed by atoms with Crippen molar-refractivity contribution in [2.45, 2.75) is 13.3 Å². The molecule has 2 rings (SSSR count). The predicted molar refractivity (Wildman–Crippen MR) is 75.5 cm³/mol. The van der Waals surface area contributed by atoms with Gasteiger partial charge in [-0.15, -0.1) is 0 Å². The minimum atomic E-state index is -0.752. The molecule has 0 radical (unpaired) electrons. The maximum absolute atomic E-state index is 13.7. The first-order valence-corrected chi connectivity index (χ1v) is 7.19. The third-order valence-electron chi connectivity index (χ3n) is 3.47. The highest BCUT2D eigenvalue weighted by atomic mass is 19.1. The Bertz CT molecular complexity index is 566. The first-order chi connectivity index (χ1) is 10.5. The molecule has 0 spiro atoms. The summed E-state index contributed by atoms with van der Waals surface area (Å²) in [5.74, 6) is -1.98. The molecule has 0 bridgehead atoms. The van der Waals surface area contributed by atoms with Gasteiger partial charge in [0.1, 0.15) is 11.6 Å². The molecule has 1 fully saturated rings.